The topological polar surface area (TPSA) is 220 Å². The maximum atomic E-state index is 16.0. The average Bonchev–Trinajstić information content (AvgIpc) is 3.36. The number of phenols is 1. The normalized spacial score (nSPS) is 35.8. The van der Waals surface area contributed by atoms with E-state index in [9.17, 15) is 34.8 Å². The van der Waals surface area contributed by atoms with Crippen molar-refractivity contribution in [3.63, 3.8) is 0 Å². The van der Waals surface area contributed by atoms with Crippen molar-refractivity contribution in [3.05, 3.63) is 39.9 Å². The molecule has 0 bridgehead atoms. The second-order valence-corrected chi connectivity index (χ2v) is 27.2. The number of hydrogen-bond donors (Lipinski definition) is 6. The van der Waals surface area contributed by atoms with Gasteiger partial charge in [-0.05, 0) is 160 Å². The molecular weight excluding hydrogens is 973 g/mol. The molecule has 428 valence electrons. The number of nitrogens with zero attached hydrogens (tertiary/aromatic N) is 2. The molecule has 16 unspecified atom stereocenters. The highest BCUT2D eigenvalue weighted by molar-refractivity contribution is 6.37. The zero-order valence-electron chi connectivity index (χ0n) is 48.9. The third-order valence-electron chi connectivity index (χ3n) is 20.9. The van der Waals surface area contributed by atoms with E-state index < -0.39 is 75.7 Å². The van der Waals surface area contributed by atoms with Gasteiger partial charge in [0.15, 0.2) is 17.1 Å². The van der Waals surface area contributed by atoms with E-state index in [-0.39, 0.29) is 95.9 Å². The number of Topliss-reactive ketones (excluding diaryl/α,β-unsaturated/α-hetero) is 2. The van der Waals surface area contributed by atoms with Crippen molar-refractivity contribution in [1.29, 1.82) is 0 Å². The molecule has 1 aromatic carbocycles. The number of allylic oxidation sites excluding steroid dienone is 1. The number of rotatable bonds is 13. The van der Waals surface area contributed by atoms with E-state index in [1.54, 1.807) is 13.0 Å². The molecule has 1 aromatic rings. The monoisotopic (exact) mass is 1070 g/mol. The predicted octanol–water partition coefficient (Wildman–Crippen LogP) is 11.0. The summed E-state index contributed by atoms with van der Waals surface area (Å²) in [6.07, 6.45) is 11.4. The highest BCUT2D eigenvalue weighted by Crippen LogP contribution is 2.58. The van der Waals surface area contributed by atoms with Gasteiger partial charge >= 0.3 is 11.9 Å². The number of amides is 2. The summed E-state index contributed by atoms with van der Waals surface area (Å²) in [6, 6.07) is 0.342. The molecule has 0 aliphatic heterocycles. The number of aliphatic hydroxyl groups is 3. The number of anilines is 2. The van der Waals surface area contributed by atoms with Gasteiger partial charge in [0.1, 0.15) is 17.1 Å². The van der Waals surface area contributed by atoms with Crippen LogP contribution < -0.4 is 16.0 Å². The van der Waals surface area contributed by atoms with Crippen LogP contribution in [0.4, 0.5) is 11.4 Å². The minimum absolute atomic E-state index is 0.00349. The Morgan fingerprint density at radius 3 is 1.57 bits per heavy atom. The quantitative estimate of drug-likeness (QED) is 0.0470. The standard InChI is InChI=1S/C63H96N4O10/c1-14-77-62(75)61(74)65-45-29-50(66(46-23-34(10)15-19-39(46)30(2)3)47-24-35(11)16-20-40(47)31(4)5)43-27-38-28-44-54(57(70)53(60(64)73)59(72)63(44,76)58(71)51(38)56(69)52(43)55(45)68)67(48-25-36(12)17-21-41(48)32(6)7)49-26-37(13)18-22-42(49)33(8)9/h29-42,44,46-49,54,68,70-71,76H,14-28H2,1-13H3,(H2,64,73)(H,65,74). The Labute approximate surface area is 459 Å². The summed E-state index contributed by atoms with van der Waals surface area (Å²) in [5, 5.41) is 54.7. The number of nitrogens with one attached hydrogen (secondary N) is 1. The van der Waals surface area contributed by atoms with Gasteiger partial charge in [-0.3, -0.25) is 24.1 Å². The molecule has 77 heavy (non-hydrogen) atoms. The van der Waals surface area contributed by atoms with Crippen LogP contribution in [0.25, 0.3) is 0 Å². The number of carbonyl (C=O) groups excluding carboxylic acids is 5. The smallest absolute Gasteiger partial charge is 0.397 e. The van der Waals surface area contributed by atoms with E-state index in [2.05, 4.69) is 98.2 Å². The highest BCUT2D eigenvalue weighted by Gasteiger charge is 2.66. The van der Waals surface area contributed by atoms with Gasteiger partial charge in [0, 0.05) is 41.3 Å². The zero-order valence-corrected chi connectivity index (χ0v) is 48.9. The molecule has 0 radical (unpaired) electrons. The Kier molecular flexibility index (Phi) is 17.5. The minimum atomic E-state index is -2.87. The molecule has 0 heterocycles. The van der Waals surface area contributed by atoms with Crippen molar-refractivity contribution in [3.8, 4) is 5.75 Å². The number of primary amides is 1. The molecule has 16 atom stereocenters. The lowest BCUT2D eigenvalue weighted by Crippen LogP contribution is -2.69. The number of nitrogens with two attached hydrogens (primary N) is 1. The molecule has 14 heteroatoms. The highest BCUT2D eigenvalue weighted by atomic mass is 16.5. The van der Waals surface area contributed by atoms with Crippen molar-refractivity contribution in [2.45, 2.75) is 216 Å². The largest absolute Gasteiger partial charge is 0.510 e. The third kappa shape index (κ3) is 10.6. The van der Waals surface area contributed by atoms with Gasteiger partial charge in [-0.15, -0.1) is 0 Å². The van der Waals surface area contributed by atoms with Gasteiger partial charge in [-0.1, -0.05) is 109 Å². The molecular formula is C63H96N4O10. The first-order valence-corrected chi connectivity index (χ1v) is 30.2. The Bertz CT molecular complexity index is 2430. The van der Waals surface area contributed by atoms with Crippen molar-refractivity contribution < 1.29 is 49.1 Å². The summed E-state index contributed by atoms with van der Waals surface area (Å²) >= 11 is 0. The summed E-state index contributed by atoms with van der Waals surface area (Å²) in [7, 11) is 0. The van der Waals surface area contributed by atoms with Gasteiger partial charge in [-0.2, -0.15) is 0 Å². The van der Waals surface area contributed by atoms with Crippen LogP contribution in [0.1, 0.15) is 189 Å². The molecule has 4 saturated carbocycles. The number of hydrogen-bond acceptors (Lipinski definition) is 12. The van der Waals surface area contributed by atoms with E-state index in [0.29, 0.717) is 46.8 Å². The van der Waals surface area contributed by atoms with Gasteiger partial charge in [-0.25, -0.2) is 4.79 Å². The Balaban J connectivity index is 1.39. The van der Waals surface area contributed by atoms with E-state index in [1.807, 2.05) is 0 Å². The molecule has 0 saturated heterocycles. The number of carbonyl (C=O) groups is 5. The molecule has 2 amide bonds. The molecule has 0 aromatic heterocycles. The van der Waals surface area contributed by atoms with E-state index in [4.69, 9.17) is 10.5 Å². The maximum Gasteiger partial charge on any atom is 0.397 e. The van der Waals surface area contributed by atoms with E-state index in [0.717, 1.165) is 77.0 Å². The third-order valence-corrected chi connectivity index (χ3v) is 20.9. The van der Waals surface area contributed by atoms with Crippen LogP contribution >= 0.6 is 0 Å². The van der Waals surface area contributed by atoms with Crippen molar-refractivity contribution in [2.24, 2.45) is 88.6 Å². The van der Waals surface area contributed by atoms with Crippen LogP contribution in [0, 0.1) is 82.9 Å². The zero-order chi connectivity index (χ0) is 56.4. The fourth-order valence-corrected chi connectivity index (χ4v) is 16.9. The first-order chi connectivity index (χ1) is 36.2. The fourth-order valence-electron chi connectivity index (χ4n) is 16.9. The summed E-state index contributed by atoms with van der Waals surface area (Å²) in [5.41, 5.74) is 3.01. The first kappa shape index (κ1) is 58.7. The minimum Gasteiger partial charge on any atom is -0.510 e. The van der Waals surface area contributed by atoms with Crippen LogP contribution in [0.2, 0.25) is 0 Å². The molecule has 0 spiro atoms. The van der Waals surface area contributed by atoms with Crippen molar-refractivity contribution in [1.82, 2.24) is 4.90 Å². The van der Waals surface area contributed by atoms with Gasteiger partial charge < -0.3 is 41.1 Å². The Morgan fingerprint density at radius 1 is 0.701 bits per heavy atom. The van der Waals surface area contributed by atoms with Gasteiger partial charge in [0.25, 0.3) is 5.91 Å². The van der Waals surface area contributed by atoms with Crippen molar-refractivity contribution >= 4 is 40.7 Å². The number of esters is 1. The predicted molar refractivity (Wildman–Crippen MR) is 300 cm³/mol. The Morgan fingerprint density at radius 2 is 1.14 bits per heavy atom. The number of aromatic hydroxyl groups is 1. The average molecular weight is 1070 g/mol. The molecule has 7 aliphatic carbocycles. The number of aliphatic hydroxyl groups excluding tert-OH is 2. The first-order valence-electron chi connectivity index (χ1n) is 30.2. The van der Waals surface area contributed by atoms with Gasteiger partial charge in [0.05, 0.1) is 23.9 Å². The molecule has 4 fully saturated rings. The fraction of sp³-hybridized carbons (Fsp3) is 0.762. The van der Waals surface area contributed by atoms with Crippen molar-refractivity contribution in [2.75, 3.05) is 16.8 Å². The Hall–Kier alpha value is -4.43. The van der Waals surface area contributed by atoms with Crippen LogP contribution in [-0.4, -0.2) is 97.1 Å². The second-order valence-electron chi connectivity index (χ2n) is 27.2. The number of benzene rings is 1. The summed E-state index contributed by atoms with van der Waals surface area (Å²) < 4.78 is 5.09. The van der Waals surface area contributed by atoms with Gasteiger partial charge in [0.2, 0.25) is 5.78 Å². The van der Waals surface area contributed by atoms with E-state index >= 15 is 9.59 Å². The number of ketones is 2. The maximum absolute atomic E-state index is 16.0. The van der Waals surface area contributed by atoms with Crippen LogP contribution in [-0.2, 0) is 30.3 Å². The molecule has 8 rings (SSSR count). The van der Waals surface area contributed by atoms with E-state index in [1.165, 1.54) is 0 Å². The lowest BCUT2D eigenvalue weighted by atomic mass is 9.57. The molecule has 14 nitrogen and oxygen atoms in total. The van der Waals surface area contributed by atoms with Crippen LogP contribution in [0.3, 0.4) is 0 Å². The second kappa shape index (κ2) is 23.0. The summed E-state index contributed by atoms with van der Waals surface area (Å²) in [5.74, 6) is -6.33. The molecule has 7 aliphatic rings. The lowest BCUT2D eigenvalue weighted by Gasteiger charge is -2.59. The lowest BCUT2D eigenvalue weighted by molar-refractivity contribution is -0.156. The summed E-state index contributed by atoms with van der Waals surface area (Å²) in [6.45, 7) is 28.6. The van der Waals surface area contributed by atoms with Crippen LogP contribution in [0.15, 0.2) is 28.7 Å². The van der Waals surface area contributed by atoms with Crippen LogP contribution in [0.5, 0.6) is 5.75 Å². The summed E-state index contributed by atoms with van der Waals surface area (Å²) in [4.78, 5) is 76.5. The number of ether oxygens (including phenoxy) is 1. The molecule has 7 N–H and O–H groups in total. The number of fused-ring (bicyclic) bond motifs is 3. The number of phenolic OH excluding ortho intramolecular Hbond substituents is 1. The SMILES string of the molecule is CCOC(=O)C(=O)Nc1cc(N(C2CC(C)CCC2C(C)C)C2CC(C)CCC2C(C)C)c2c(c1O)C(=O)C1=C(O)C3(O)C(=O)C(C(N)=O)=C(O)C(N(C4CC(C)CCC4C(C)C)C4CC(C)CCC4C(C)C)C3CC1C2.